The van der Waals surface area contributed by atoms with Gasteiger partial charge in [-0.15, -0.1) is 0 Å². The van der Waals surface area contributed by atoms with Crippen molar-refractivity contribution in [2.75, 3.05) is 24.5 Å². The fourth-order valence-electron chi connectivity index (χ4n) is 4.13. The lowest BCUT2D eigenvalue weighted by atomic mass is 10.1. The highest BCUT2D eigenvalue weighted by atomic mass is 35.5. The van der Waals surface area contributed by atoms with Crippen molar-refractivity contribution in [3.05, 3.63) is 59.4 Å². The van der Waals surface area contributed by atoms with E-state index in [0.717, 1.165) is 22.5 Å². The first kappa shape index (κ1) is 20.4. The van der Waals surface area contributed by atoms with E-state index < -0.39 is 0 Å². The Bertz CT molecular complexity index is 1070. The van der Waals surface area contributed by atoms with Gasteiger partial charge in [-0.2, -0.15) is 0 Å². The van der Waals surface area contributed by atoms with Crippen LogP contribution < -0.4 is 4.90 Å². The molecule has 0 aliphatic carbocycles. The number of carbonyl (C=O) groups excluding carboxylic acids is 2. The van der Waals surface area contributed by atoms with E-state index in [2.05, 4.69) is 0 Å². The van der Waals surface area contributed by atoms with E-state index in [4.69, 9.17) is 16.6 Å². The summed E-state index contributed by atoms with van der Waals surface area (Å²) in [6.07, 6.45) is 0.366. The first-order valence-corrected chi connectivity index (χ1v) is 10.7. The van der Waals surface area contributed by atoms with Crippen LogP contribution in [0, 0.1) is 0 Å². The summed E-state index contributed by atoms with van der Waals surface area (Å²) in [6, 6.07) is 15.1. The van der Waals surface area contributed by atoms with Gasteiger partial charge in [0.1, 0.15) is 12.4 Å². The third-order valence-electron chi connectivity index (χ3n) is 5.72. The zero-order valence-corrected chi connectivity index (χ0v) is 18.0. The van der Waals surface area contributed by atoms with Crippen LogP contribution in [-0.4, -0.2) is 45.9 Å². The largest absolute Gasteiger partial charge is 0.342 e. The third kappa shape index (κ3) is 3.79. The number of halogens is 1. The van der Waals surface area contributed by atoms with Crippen molar-refractivity contribution in [1.82, 2.24) is 14.5 Å². The molecule has 2 aromatic carbocycles. The number of likely N-dealkylation sites (N-methyl/N-ethyl adjacent to an activating group) is 1. The number of nitrogens with zero attached hydrogens (tertiary/aromatic N) is 4. The molecule has 6 nitrogen and oxygen atoms in total. The minimum absolute atomic E-state index is 0.0519. The minimum Gasteiger partial charge on any atom is -0.342 e. The second-order valence-electron chi connectivity index (χ2n) is 7.49. The molecule has 1 saturated heterocycles. The van der Waals surface area contributed by atoms with Crippen molar-refractivity contribution in [3.63, 3.8) is 0 Å². The van der Waals surface area contributed by atoms with Gasteiger partial charge in [0.05, 0.1) is 11.0 Å². The Labute approximate surface area is 181 Å². The molecular formula is C23H25ClN4O2. The average molecular weight is 425 g/mol. The molecule has 0 spiro atoms. The normalized spacial score (nSPS) is 16.4. The second kappa shape index (κ2) is 8.48. The SMILES string of the molecule is CCN(CC)C(=O)Cn1c(C2CC(=O)N(c3ccc(Cl)cc3)C2)nc2ccccc21. The number of amides is 2. The monoisotopic (exact) mass is 424 g/mol. The highest BCUT2D eigenvalue weighted by Crippen LogP contribution is 2.33. The van der Waals surface area contributed by atoms with E-state index in [-0.39, 0.29) is 24.3 Å². The molecule has 1 aromatic heterocycles. The number of fused-ring (bicyclic) bond motifs is 1. The molecule has 1 aliphatic rings. The molecular weight excluding hydrogens is 400 g/mol. The zero-order chi connectivity index (χ0) is 21.3. The number of hydrogen-bond donors (Lipinski definition) is 0. The van der Waals surface area contributed by atoms with Crippen LogP contribution in [0.15, 0.2) is 48.5 Å². The van der Waals surface area contributed by atoms with Crippen LogP contribution in [0.3, 0.4) is 0 Å². The molecule has 1 fully saturated rings. The highest BCUT2D eigenvalue weighted by molar-refractivity contribution is 6.30. The fraction of sp³-hybridized carbons (Fsp3) is 0.348. The molecule has 0 radical (unpaired) electrons. The fourth-order valence-corrected chi connectivity index (χ4v) is 4.26. The van der Waals surface area contributed by atoms with E-state index in [1.807, 2.05) is 59.7 Å². The van der Waals surface area contributed by atoms with E-state index in [9.17, 15) is 9.59 Å². The molecule has 0 N–H and O–H groups in total. The van der Waals surface area contributed by atoms with Crippen molar-refractivity contribution in [1.29, 1.82) is 0 Å². The lowest BCUT2D eigenvalue weighted by Crippen LogP contribution is -2.34. The van der Waals surface area contributed by atoms with Crippen LogP contribution >= 0.6 is 11.6 Å². The lowest BCUT2D eigenvalue weighted by molar-refractivity contribution is -0.131. The van der Waals surface area contributed by atoms with Gasteiger partial charge < -0.3 is 14.4 Å². The van der Waals surface area contributed by atoms with Crippen LogP contribution in [0.25, 0.3) is 11.0 Å². The number of anilines is 1. The molecule has 2 heterocycles. The van der Waals surface area contributed by atoms with Crippen LogP contribution in [0.4, 0.5) is 5.69 Å². The molecule has 0 bridgehead atoms. The van der Waals surface area contributed by atoms with E-state index >= 15 is 0 Å². The summed E-state index contributed by atoms with van der Waals surface area (Å²) >= 11 is 5.99. The standard InChI is InChI=1S/C23H25ClN4O2/c1-3-26(4-2)22(30)15-28-20-8-6-5-7-19(20)25-23(28)16-13-21(29)27(14-16)18-11-9-17(24)10-12-18/h5-12,16H,3-4,13-15H2,1-2H3. The van der Waals surface area contributed by atoms with Crippen LogP contribution in [0.5, 0.6) is 0 Å². The number of para-hydroxylation sites is 2. The number of aromatic nitrogens is 2. The Morgan fingerprint density at radius 1 is 1.13 bits per heavy atom. The summed E-state index contributed by atoms with van der Waals surface area (Å²) < 4.78 is 1.99. The zero-order valence-electron chi connectivity index (χ0n) is 17.2. The number of rotatable bonds is 6. The van der Waals surface area contributed by atoms with Crippen molar-refractivity contribution in [3.8, 4) is 0 Å². The van der Waals surface area contributed by atoms with Crippen LogP contribution in [0.2, 0.25) is 5.02 Å². The predicted octanol–water partition coefficient (Wildman–Crippen LogP) is 4.08. The first-order valence-electron chi connectivity index (χ1n) is 10.3. The van der Waals surface area contributed by atoms with Gasteiger partial charge in [-0.3, -0.25) is 9.59 Å². The number of imidazole rings is 1. The molecule has 1 aliphatic heterocycles. The maximum Gasteiger partial charge on any atom is 0.242 e. The van der Waals surface area contributed by atoms with Gasteiger partial charge in [0, 0.05) is 42.7 Å². The molecule has 2 amide bonds. The maximum atomic E-state index is 12.9. The Morgan fingerprint density at radius 2 is 1.83 bits per heavy atom. The Balaban J connectivity index is 1.68. The van der Waals surface area contributed by atoms with Crippen molar-refractivity contribution >= 4 is 40.1 Å². The highest BCUT2D eigenvalue weighted by Gasteiger charge is 2.35. The van der Waals surface area contributed by atoms with Crippen LogP contribution in [-0.2, 0) is 16.1 Å². The van der Waals surface area contributed by atoms with Gasteiger partial charge in [-0.25, -0.2) is 4.98 Å². The van der Waals surface area contributed by atoms with Crippen molar-refractivity contribution in [2.45, 2.75) is 32.7 Å². The van der Waals surface area contributed by atoms with E-state index in [1.165, 1.54) is 0 Å². The molecule has 4 rings (SSSR count). The summed E-state index contributed by atoms with van der Waals surface area (Å²) in [5.74, 6) is 0.825. The second-order valence-corrected chi connectivity index (χ2v) is 7.93. The van der Waals surface area contributed by atoms with Gasteiger partial charge in [0.2, 0.25) is 11.8 Å². The molecule has 7 heteroatoms. The first-order chi connectivity index (χ1) is 14.5. The molecule has 156 valence electrons. The number of hydrogen-bond acceptors (Lipinski definition) is 3. The van der Waals surface area contributed by atoms with E-state index in [0.29, 0.717) is 31.1 Å². The molecule has 3 aromatic rings. The molecule has 1 atom stereocenters. The predicted molar refractivity (Wildman–Crippen MR) is 119 cm³/mol. The Kier molecular flexibility index (Phi) is 5.77. The van der Waals surface area contributed by atoms with Gasteiger partial charge in [0.25, 0.3) is 0 Å². The summed E-state index contributed by atoms with van der Waals surface area (Å²) in [6.45, 7) is 6.06. The molecule has 0 saturated carbocycles. The summed E-state index contributed by atoms with van der Waals surface area (Å²) in [7, 11) is 0. The van der Waals surface area contributed by atoms with Gasteiger partial charge >= 0.3 is 0 Å². The Hall–Kier alpha value is -2.86. The summed E-state index contributed by atoms with van der Waals surface area (Å²) in [4.78, 5) is 34.0. The van der Waals surface area contributed by atoms with Crippen molar-refractivity contribution in [2.24, 2.45) is 0 Å². The summed E-state index contributed by atoms with van der Waals surface area (Å²) in [5.41, 5.74) is 2.59. The number of carbonyl (C=O) groups is 2. The van der Waals surface area contributed by atoms with Gasteiger partial charge in [-0.1, -0.05) is 23.7 Å². The third-order valence-corrected chi connectivity index (χ3v) is 5.97. The molecule has 1 unspecified atom stereocenters. The van der Waals surface area contributed by atoms with Gasteiger partial charge in [-0.05, 0) is 50.2 Å². The summed E-state index contributed by atoms with van der Waals surface area (Å²) in [5, 5.41) is 0.638. The Morgan fingerprint density at radius 3 is 2.53 bits per heavy atom. The maximum absolute atomic E-state index is 12.9. The smallest absolute Gasteiger partial charge is 0.242 e. The quantitative estimate of drug-likeness (QED) is 0.599. The minimum atomic E-state index is -0.0786. The average Bonchev–Trinajstić information content (AvgIpc) is 3.30. The van der Waals surface area contributed by atoms with Crippen LogP contribution in [0.1, 0.15) is 32.0 Å². The van der Waals surface area contributed by atoms with Gasteiger partial charge in [0.15, 0.2) is 0 Å². The van der Waals surface area contributed by atoms with Crippen molar-refractivity contribution < 1.29 is 9.59 Å². The van der Waals surface area contributed by atoms with E-state index in [1.54, 1.807) is 17.0 Å². The lowest BCUT2D eigenvalue weighted by Gasteiger charge is -2.21. The number of benzene rings is 2. The molecule has 30 heavy (non-hydrogen) atoms. The topological polar surface area (TPSA) is 58.4 Å².